The van der Waals surface area contributed by atoms with Gasteiger partial charge in [-0.05, 0) is 13.0 Å². The van der Waals surface area contributed by atoms with Crippen LogP contribution in [0.25, 0.3) is 0 Å². The Morgan fingerprint density at radius 2 is 2.33 bits per heavy atom. The third-order valence-electron chi connectivity index (χ3n) is 3.48. The van der Waals surface area contributed by atoms with Gasteiger partial charge in [-0.1, -0.05) is 12.1 Å². The van der Waals surface area contributed by atoms with E-state index >= 15 is 0 Å². The van der Waals surface area contributed by atoms with Gasteiger partial charge >= 0.3 is 0 Å². The molecule has 1 saturated heterocycles. The number of carbonyl (C=O) groups is 1. The fourth-order valence-electron chi connectivity index (χ4n) is 2.40. The highest BCUT2D eigenvalue weighted by Gasteiger charge is 2.26. The summed E-state index contributed by atoms with van der Waals surface area (Å²) in [6.45, 7) is 4.11. The lowest BCUT2D eigenvalue weighted by molar-refractivity contribution is -0.385. The molecule has 7 nitrogen and oxygen atoms in total. The van der Waals surface area contributed by atoms with E-state index in [9.17, 15) is 14.9 Å². The highest BCUT2D eigenvalue weighted by Crippen LogP contribution is 2.24. The van der Waals surface area contributed by atoms with Crippen molar-refractivity contribution >= 4 is 11.6 Å². The first-order valence-corrected chi connectivity index (χ1v) is 6.82. The van der Waals surface area contributed by atoms with Crippen molar-refractivity contribution in [2.75, 3.05) is 33.3 Å². The minimum absolute atomic E-state index is 0.0865. The zero-order chi connectivity index (χ0) is 15.4. The molecule has 1 unspecified atom stereocenters. The molecule has 1 aromatic rings. The molecule has 0 aliphatic carbocycles. The van der Waals surface area contributed by atoms with Gasteiger partial charge in [0.15, 0.2) is 0 Å². The predicted octanol–water partition coefficient (Wildman–Crippen LogP) is 0.964. The molecular formula is C14H19N3O4. The monoisotopic (exact) mass is 293 g/mol. The van der Waals surface area contributed by atoms with Crippen molar-refractivity contribution in [3.8, 4) is 0 Å². The van der Waals surface area contributed by atoms with Gasteiger partial charge in [0.2, 0.25) is 0 Å². The number of morpholine rings is 1. The van der Waals surface area contributed by atoms with Gasteiger partial charge in [-0.15, -0.1) is 0 Å². The molecule has 1 atom stereocenters. The number of amides is 1. The molecule has 1 aliphatic rings. The number of hydrogen-bond acceptors (Lipinski definition) is 5. The van der Waals surface area contributed by atoms with Crippen LogP contribution in [-0.2, 0) is 4.74 Å². The Bertz CT molecular complexity index is 541. The minimum Gasteiger partial charge on any atom is -0.374 e. The number of nitrogens with one attached hydrogen (secondary N) is 1. The van der Waals surface area contributed by atoms with Crippen LogP contribution in [0.4, 0.5) is 5.69 Å². The number of benzene rings is 1. The Hall–Kier alpha value is -1.99. The Kier molecular flexibility index (Phi) is 4.87. The molecule has 1 heterocycles. The van der Waals surface area contributed by atoms with Crippen LogP contribution in [0, 0.1) is 17.0 Å². The summed E-state index contributed by atoms with van der Waals surface area (Å²) in [6, 6.07) is 4.77. The first-order chi connectivity index (χ1) is 10.0. The Morgan fingerprint density at radius 1 is 1.57 bits per heavy atom. The number of rotatable bonds is 4. The second kappa shape index (κ2) is 6.64. The molecule has 0 radical (unpaired) electrons. The van der Waals surface area contributed by atoms with Crippen LogP contribution in [0.1, 0.15) is 15.9 Å². The molecule has 2 rings (SSSR count). The highest BCUT2D eigenvalue weighted by atomic mass is 16.6. The van der Waals surface area contributed by atoms with Crippen molar-refractivity contribution < 1.29 is 14.5 Å². The lowest BCUT2D eigenvalue weighted by Gasteiger charge is -2.28. The van der Waals surface area contributed by atoms with Crippen molar-refractivity contribution in [3.63, 3.8) is 0 Å². The van der Waals surface area contributed by atoms with Gasteiger partial charge in [0.1, 0.15) is 5.56 Å². The zero-order valence-electron chi connectivity index (χ0n) is 12.2. The first kappa shape index (κ1) is 15.4. The van der Waals surface area contributed by atoms with Gasteiger partial charge in [0, 0.05) is 32.2 Å². The van der Waals surface area contributed by atoms with E-state index in [4.69, 9.17) is 4.74 Å². The lowest BCUT2D eigenvalue weighted by Crippen LogP contribution is -2.45. The van der Waals surface area contributed by atoms with Crippen LogP contribution in [0.15, 0.2) is 18.2 Å². The van der Waals surface area contributed by atoms with Crippen molar-refractivity contribution in [3.05, 3.63) is 39.4 Å². The summed E-state index contributed by atoms with van der Waals surface area (Å²) in [5.41, 5.74) is 0.470. The third-order valence-corrected chi connectivity index (χ3v) is 3.48. The van der Waals surface area contributed by atoms with Crippen molar-refractivity contribution in [1.29, 1.82) is 0 Å². The molecule has 0 bridgehead atoms. The number of nitro benzene ring substituents is 1. The standard InChI is InChI=1S/C14H19N3O4/c1-10-4-3-5-12(13(10)17(19)20)14(18)16(2)9-11-8-15-6-7-21-11/h3-5,11,15H,6-9H2,1-2H3. The maximum absolute atomic E-state index is 12.4. The smallest absolute Gasteiger partial charge is 0.285 e. The van der Waals surface area contributed by atoms with Crippen molar-refractivity contribution in [2.24, 2.45) is 0 Å². The van der Waals surface area contributed by atoms with Crippen LogP contribution in [0.5, 0.6) is 0 Å². The van der Waals surface area contributed by atoms with Gasteiger partial charge < -0.3 is 15.0 Å². The minimum atomic E-state index is -0.505. The van der Waals surface area contributed by atoms with Crippen molar-refractivity contribution in [2.45, 2.75) is 13.0 Å². The summed E-state index contributed by atoms with van der Waals surface area (Å²) in [7, 11) is 1.63. The molecule has 1 amide bonds. The maximum Gasteiger partial charge on any atom is 0.285 e. The fraction of sp³-hybridized carbons (Fsp3) is 0.500. The number of hydrogen-bond donors (Lipinski definition) is 1. The van der Waals surface area contributed by atoms with Gasteiger partial charge in [0.05, 0.1) is 17.6 Å². The fourth-order valence-corrected chi connectivity index (χ4v) is 2.40. The van der Waals surface area contributed by atoms with E-state index in [-0.39, 0.29) is 23.3 Å². The van der Waals surface area contributed by atoms with E-state index in [1.54, 1.807) is 26.1 Å². The molecule has 0 spiro atoms. The van der Waals surface area contributed by atoms with E-state index < -0.39 is 4.92 Å². The van der Waals surface area contributed by atoms with E-state index in [1.807, 2.05) is 0 Å². The van der Waals surface area contributed by atoms with Gasteiger partial charge in [0.25, 0.3) is 11.6 Å². The van der Waals surface area contributed by atoms with Crippen LogP contribution in [0.2, 0.25) is 0 Å². The van der Waals surface area contributed by atoms with Gasteiger partial charge in [-0.25, -0.2) is 0 Å². The van der Waals surface area contributed by atoms with E-state index in [1.165, 1.54) is 11.0 Å². The van der Waals surface area contributed by atoms with Crippen LogP contribution >= 0.6 is 0 Å². The normalized spacial score (nSPS) is 18.3. The lowest BCUT2D eigenvalue weighted by atomic mass is 10.1. The third kappa shape index (κ3) is 3.56. The number of nitrogens with zero attached hydrogens (tertiary/aromatic N) is 2. The molecule has 1 aliphatic heterocycles. The van der Waals surface area contributed by atoms with Crippen LogP contribution in [-0.4, -0.2) is 55.1 Å². The molecule has 21 heavy (non-hydrogen) atoms. The Balaban J connectivity index is 2.15. The molecule has 114 valence electrons. The zero-order valence-corrected chi connectivity index (χ0v) is 12.2. The second-order valence-electron chi connectivity index (χ2n) is 5.11. The second-order valence-corrected chi connectivity index (χ2v) is 5.11. The molecular weight excluding hydrogens is 274 g/mol. The summed E-state index contributed by atoms with van der Waals surface area (Å²) < 4.78 is 5.55. The highest BCUT2D eigenvalue weighted by molar-refractivity contribution is 5.98. The number of nitro groups is 1. The Morgan fingerprint density at radius 3 is 2.95 bits per heavy atom. The number of aryl methyl sites for hydroxylation is 1. The summed E-state index contributed by atoms with van der Waals surface area (Å²) in [5, 5.41) is 14.3. The summed E-state index contributed by atoms with van der Waals surface area (Å²) >= 11 is 0. The van der Waals surface area contributed by atoms with E-state index in [2.05, 4.69) is 5.32 Å². The van der Waals surface area contributed by atoms with Crippen LogP contribution < -0.4 is 5.32 Å². The molecule has 1 N–H and O–H groups in total. The quantitative estimate of drug-likeness (QED) is 0.660. The van der Waals surface area contributed by atoms with E-state index in [0.717, 1.165) is 6.54 Å². The molecule has 0 aromatic heterocycles. The molecule has 1 aromatic carbocycles. The predicted molar refractivity (Wildman–Crippen MR) is 77.4 cm³/mol. The molecule has 1 fully saturated rings. The Labute approximate surface area is 123 Å². The van der Waals surface area contributed by atoms with Crippen LogP contribution in [0.3, 0.4) is 0 Å². The summed E-state index contributed by atoms with van der Waals surface area (Å²) in [6.07, 6.45) is -0.0865. The van der Waals surface area contributed by atoms with Gasteiger partial charge in [-0.2, -0.15) is 0 Å². The number of likely N-dealkylation sites (N-methyl/N-ethyl adjacent to an activating group) is 1. The number of para-hydroxylation sites is 1. The SMILES string of the molecule is Cc1cccc(C(=O)N(C)CC2CNCCO2)c1[N+](=O)[O-]. The average Bonchev–Trinajstić information content (AvgIpc) is 2.46. The summed E-state index contributed by atoms with van der Waals surface area (Å²) in [4.78, 5) is 24.6. The maximum atomic E-state index is 12.4. The average molecular weight is 293 g/mol. The first-order valence-electron chi connectivity index (χ1n) is 6.82. The van der Waals surface area contributed by atoms with E-state index in [0.29, 0.717) is 25.3 Å². The topological polar surface area (TPSA) is 84.7 Å². The van der Waals surface area contributed by atoms with Gasteiger partial charge in [-0.3, -0.25) is 14.9 Å². The largest absolute Gasteiger partial charge is 0.374 e. The summed E-state index contributed by atoms with van der Waals surface area (Å²) in [5.74, 6) is -0.362. The van der Waals surface area contributed by atoms with Crippen molar-refractivity contribution in [1.82, 2.24) is 10.2 Å². The number of ether oxygens (including phenoxy) is 1. The number of carbonyl (C=O) groups excluding carboxylic acids is 1. The molecule has 7 heteroatoms. The molecule has 0 saturated carbocycles.